The molecular formula is C24H26ClFN2O3. The monoisotopic (exact) mass is 444 g/mol. The van der Waals surface area contributed by atoms with E-state index in [1.54, 1.807) is 0 Å². The molecule has 4 rings (SSSR count). The number of rotatable bonds is 8. The number of carbonyl (C=O) groups is 2. The first-order chi connectivity index (χ1) is 15.0. The minimum atomic E-state index is -0.359. The predicted molar refractivity (Wildman–Crippen MR) is 117 cm³/mol. The van der Waals surface area contributed by atoms with E-state index in [9.17, 15) is 14.0 Å². The van der Waals surface area contributed by atoms with E-state index in [0.29, 0.717) is 19.4 Å². The van der Waals surface area contributed by atoms with E-state index in [4.69, 9.17) is 16.3 Å². The Labute approximate surface area is 186 Å². The van der Waals surface area contributed by atoms with E-state index in [0.717, 1.165) is 47.3 Å². The summed E-state index contributed by atoms with van der Waals surface area (Å²) >= 11 is 6.12. The Hall–Kier alpha value is -2.44. The number of ether oxygens (including phenoxy) is 1. The Bertz CT molecular complexity index is 995. The molecular weight excluding hydrogens is 419 g/mol. The van der Waals surface area contributed by atoms with Gasteiger partial charge in [-0.1, -0.05) is 36.7 Å². The molecule has 0 saturated carbocycles. The number of fused-ring (bicyclic) bond motifs is 1. The van der Waals surface area contributed by atoms with Gasteiger partial charge in [0.05, 0.1) is 11.6 Å². The molecule has 1 heterocycles. The van der Waals surface area contributed by atoms with Crippen LogP contribution in [-0.2, 0) is 29.0 Å². The van der Waals surface area contributed by atoms with Gasteiger partial charge in [-0.2, -0.15) is 0 Å². The molecule has 0 radical (unpaired) electrons. The average Bonchev–Trinajstić information content (AvgIpc) is 3.33. The second kappa shape index (κ2) is 9.37. The van der Waals surface area contributed by atoms with E-state index in [1.807, 2.05) is 18.2 Å². The van der Waals surface area contributed by atoms with Gasteiger partial charge in [-0.25, -0.2) is 4.39 Å². The number of halogens is 2. The number of benzene rings is 2. The molecule has 0 spiro atoms. The second-order valence-electron chi connectivity index (χ2n) is 7.98. The third-order valence-corrected chi connectivity index (χ3v) is 6.49. The fourth-order valence-electron chi connectivity index (χ4n) is 4.36. The number of imide groups is 1. The number of nitrogens with one attached hydrogen (secondary N) is 1. The molecule has 1 N–H and O–H groups in total. The molecule has 31 heavy (non-hydrogen) atoms. The van der Waals surface area contributed by atoms with Crippen molar-refractivity contribution in [2.75, 3.05) is 13.2 Å². The zero-order valence-corrected chi connectivity index (χ0v) is 18.3. The minimum Gasteiger partial charge on any atom is -0.491 e. The summed E-state index contributed by atoms with van der Waals surface area (Å²) in [6.45, 7) is 3.33. The Balaban J connectivity index is 1.35. The first-order valence-electron chi connectivity index (χ1n) is 10.8. The Morgan fingerprint density at radius 2 is 1.94 bits per heavy atom. The fourth-order valence-corrected chi connectivity index (χ4v) is 4.63. The van der Waals surface area contributed by atoms with E-state index in [-0.39, 0.29) is 41.8 Å². The van der Waals surface area contributed by atoms with Crippen LogP contribution in [0.25, 0.3) is 0 Å². The second-order valence-corrected chi connectivity index (χ2v) is 8.36. The standard InChI is InChI=1S/C24H26ClFN2O3/c1-2-16-13-15(3-8-21(16)31-12-11-28-22(29)9-10-23(28)30)14-27-20-7-5-18-17(20)4-6-19(26)24(18)25/h3-4,6,8,13,20,27H,2,5,7,9-12,14H2,1H3. The quantitative estimate of drug-likeness (QED) is 0.615. The molecule has 2 aromatic carbocycles. The van der Waals surface area contributed by atoms with E-state index in [1.165, 1.54) is 11.0 Å². The minimum absolute atomic E-state index is 0.122. The molecule has 1 unspecified atom stereocenters. The zero-order chi connectivity index (χ0) is 22.0. The molecule has 1 saturated heterocycles. The van der Waals surface area contributed by atoms with Crippen LogP contribution in [0, 0.1) is 5.82 Å². The van der Waals surface area contributed by atoms with Crippen LogP contribution in [0.15, 0.2) is 30.3 Å². The summed E-state index contributed by atoms with van der Waals surface area (Å²) < 4.78 is 19.6. The van der Waals surface area contributed by atoms with Gasteiger partial charge in [0, 0.05) is 25.4 Å². The average molecular weight is 445 g/mol. The normalized spacial score (nSPS) is 18.0. The van der Waals surface area contributed by atoms with Crippen LogP contribution in [0.1, 0.15) is 54.5 Å². The summed E-state index contributed by atoms with van der Waals surface area (Å²) in [6, 6.07) is 9.49. The van der Waals surface area contributed by atoms with Gasteiger partial charge >= 0.3 is 0 Å². The highest BCUT2D eigenvalue weighted by atomic mass is 35.5. The lowest BCUT2D eigenvalue weighted by atomic mass is 10.1. The maximum Gasteiger partial charge on any atom is 0.229 e. The summed E-state index contributed by atoms with van der Waals surface area (Å²) in [7, 11) is 0. The first kappa shape index (κ1) is 21.8. The smallest absolute Gasteiger partial charge is 0.229 e. The van der Waals surface area contributed by atoms with Crippen molar-refractivity contribution in [2.24, 2.45) is 0 Å². The lowest BCUT2D eigenvalue weighted by Gasteiger charge is -2.17. The molecule has 7 heteroatoms. The fraction of sp³-hybridized carbons (Fsp3) is 0.417. The number of amides is 2. The summed E-state index contributed by atoms with van der Waals surface area (Å²) in [5, 5.41) is 3.80. The molecule has 1 aliphatic carbocycles. The number of carbonyl (C=O) groups excluding carboxylic acids is 2. The number of hydrogen-bond acceptors (Lipinski definition) is 4. The summed E-state index contributed by atoms with van der Waals surface area (Å²) in [4.78, 5) is 24.7. The Morgan fingerprint density at radius 1 is 1.16 bits per heavy atom. The number of hydrogen-bond donors (Lipinski definition) is 1. The molecule has 1 fully saturated rings. The van der Waals surface area contributed by atoms with Crippen molar-refractivity contribution in [3.8, 4) is 5.75 Å². The van der Waals surface area contributed by atoms with Crippen LogP contribution in [0.2, 0.25) is 5.02 Å². The largest absolute Gasteiger partial charge is 0.491 e. The SMILES string of the molecule is CCc1cc(CNC2CCc3c2ccc(F)c3Cl)ccc1OCCN1C(=O)CCC1=O. The van der Waals surface area contributed by atoms with Gasteiger partial charge in [0.2, 0.25) is 11.8 Å². The van der Waals surface area contributed by atoms with E-state index in [2.05, 4.69) is 18.3 Å². The maximum absolute atomic E-state index is 13.7. The molecule has 164 valence electrons. The van der Waals surface area contributed by atoms with Gasteiger partial charge in [-0.15, -0.1) is 0 Å². The summed E-state index contributed by atoms with van der Waals surface area (Å²) in [5.41, 5.74) is 4.20. The molecule has 1 aliphatic heterocycles. The van der Waals surface area contributed by atoms with Crippen LogP contribution in [0.4, 0.5) is 4.39 Å². The molecule has 5 nitrogen and oxygen atoms in total. The van der Waals surface area contributed by atoms with Gasteiger partial charge in [0.25, 0.3) is 0 Å². The van der Waals surface area contributed by atoms with Crippen molar-refractivity contribution >= 4 is 23.4 Å². The van der Waals surface area contributed by atoms with E-state index < -0.39 is 0 Å². The molecule has 0 aromatic heterocycles. The zero-order valence-electron chi connectivity index (χ0n) is 17.5. The van der Waals surface area contributed by atoms with Gasteiger partial charge < -0.3 is 10.1 Å². The van der Waals surface area contributed by atoms with Crippen molar-refractivity contribution in [2.45, 2.75) is 51.6 Å². The van der Waals surface area contributed by atoms with Crippen LogP contribution < -0.4 is 10.1 Å². The van der Waals surface area contributed by atoms with Gasteiger partial charge in [-0.3, -0.25) is 14.5 Å². The van der Waals surface area contributed by atoms with Crippen molar-refractivity contribution in [3.05, 3.63) is 63.4 Å². The van der Waals surface area contributed by atoms with Crippen LogP contribution in [-0.4, -0.2) is 29.9 Å². The molecule has 2 aliphatic rings. The number of likely N-dealkylation sites (tertiary alicyclic amines) is 1. The highest BCUT2D eigenvalue weighted by Crippen LogP contribution is 2.37. The molecule has 2 aromatic rings. The Kier molecular flexibility index (Phi) is 6.58. The third-order valence-electron chi connectivity index (χ3n) is 6.08. The maximum atomic E-state index is 13.7. The van der Waals surface area contributed by atoms with Crippen LogP contribution in [0.5, 0.6) is 5.75 Å². The van der Waals surface area contributed by atoms with E-state index >= 15 is 0 Å². The van der Waals surface area contributed by atoms with Crippen LogP contribution >= 0.6 is 11.6 Å². The molecule has 0 bridgehead atoms. The lowest BCUT2D eigenvalue weighted by molar-refractivity contribution is -0.138. The lowest BCUT2D eigenvalue weighted by Crippen LogP contribution is -2.33. The predicted octanol–water partition coefficient (Wildman–Crippen LogP) is 4.35. The summed E-state index contributed by atoms with van der Waals surface area (Å²) in [5.74, 6) is 0.174. The van der Waals surface area contributed by atoms with Gasteiger partial charge in [-0.05, 0) is 53.6 Å². The van der Waals surface area contributed by atoms with Crippen molar-refractivity contribution in [3.63, 3.8) is 0 Å². The Morgan fingerprint density at radius 3 is 2.68 bits per heavy atom. The van der Waals surface area contributed by atoms with Crippen molar-refractivity contribution in [1.29, 1.82) is 0 Å². The third kappa shape index (κ3) is 4.60. The highest BCUT2D eigenvalue weighted by molar-refractivity contribution is 6.31. The van der Waals surface area contributed by atoms with Crippen molar-refractivity contribution < 1.29 is 18.7 Å². The number of nitrogens with zero attached hydrogens (tertiary/aromatic N) is 1. The highest BCUT2D eigenvalue weighted by Gasteiger charge is 2.28. The molecule has 2 amide bonds. The topological polar surface area (TPSA) is 58.6 Å². The van der Waals surface area contributed by atoms with Gasteiger partial charge in [0.1, 0.15) is 18.2 Å². The van der Waals surface area contributed by atoms with Crippen LogP contribution in [0.3, 0.4) is 0 Å². The molecule has 1 atom stereocenters. The first-order valence-corrected chi connectivity index (χ1v) is 11.1. The number of aryl methyl sites for hydroxylation is 1. The van der Waals surface area contributed by atoms with Crippen molar-refractivity contribution in [1.82, 2.24) is 10.2 Å². The summed E-state index contributed by atoms with van der Waals surface area (Å²) in [6.07, 6.45) is 3.08. The van der Waals surface area contributed by atoms with Gasteiger partial charge in [0.15, 0.2) is 0 Å².